The van der Waals surface area contributed by atoms with Gasteiger partial charge in [-0.2, -0.15) is 0 Å². The molecule has 1 radical (unpaired) electrons. The molecular formula is C12H15FN3O6Se. The van der Waals surface area contributed by atoms with E-state index in [4.69, 9.17) is 14.9 Å². The number of aliphatic carboxylic acids is 1. The number of carboxylic acid groups (broad SMARTS) is 1. The van der Waals surface area contributed by atoms with Crippen molar-refractivity contribution in [2.75, 3.05) is 13.2 Å². The van der Waals surface area contributed by atoms with Gasteiger partial charge in [0.15, 0.2) is 0 Å². The van der Waals surface area contributed by atoms with E-state index in [0.717, 1.165) is 0 Å². The molecule has 0 bridgehead atoms. The van der Waals surface area contributed by atoms with Crippen molar-refractivity contribution >= 4 is 26.7 Å². The Morgan fingerprint density at radius 1 is 1.57 bits per heavy atom. The molecule has 2 rings (SSSR count). The summed E-state index contributed by atoms with van der Waals surface area (Å²) in [6.45, 7) is -0.980. The fourth-order valence-corrected chi connectivity index (χ4v) is 2.68. The van der Waals surface area contributed by atoms with E-state index in [1.807, 2.05) is 0 Å². The molecule has 127 valence electrons. The van der Waals surface area contributed by atoms with Crippen molar-refractivity contribution in [3.8, 4) is 0 Å². The normalized spacial score (nSPS) is 27.3. The summed E-state index contributed by atoms with van der Waals surface area (Å²) in [4.78, 5) is 26.0. The predicted octanol–water partition coefficient (Wildman–Crippen LogP) is -3.20. The number of aliphatic hydroxyl groups is 2. The molecule has 9 nitrogen and oxygen atoms in total. The summed E-state index contributed by atoms with van der Waals surface area (Å²) in [6, 6.07) is 0. The molecule has 0 saturated carbocycles. The van der Waals surface area contributed by atoms with E-state index in [0.29, 0.717) is 0 Å². The first-order valence-electron chi connectivity index (χ1n) is 6.65. The number of nitrogens with zero attached hydrogens (tertiary/aromatic N) is 2. The summed E-state index contributed by atoms with van der Waals surface area (Å²) in [5, 5.41) is 29.8. The monoisotopic (exact) mass is 396 g/mol. The SMILES string of the molecule is O=C(O)CNCc1cn([C@@H]2O[C@H](CO)C(O)[C@@H]2F)c([Se])nc1=O. The number of alkyl halides is 1. The van der Waals surface area contributed by atoms with Gasteiger partial charge in [-0.05, 0) is 0 Å². The molecule has 11 heteroatoms. The third-order valence-corrected chi connectivity index (χ3v) is 3.96. The Labute approximate surface area is 137 Å². The number of ether oxygens (including phenoxy) is 1. The summed E-state index contributed by atoms with van der Waals surface area (Å²) < 4.78 is 20.7. The van der Waals surface area contributed by atoms with E-state index in [9.17, 15) is 19.1 Å². The number of hydrogen-bond donors (Lipinski definition) is 4. The number of hydrogen-bond acceptors (Lipinski definition) is 7. The van der Waals surface area contributed by atoms with E-state index < -0.39 is 42.7 Å². The molecule has 1 aromatic heterocycles. The van der Waals surface area contributed by atoms with Gasteiger partial charge in [0, 0.05) is 0 Å². The van der Waals surface area contributed by atoms with Gasteiger partial charge in [0.2, 0.25) is 0 Å². The molecule has 0 amide bonds. The van der Waals surface area contributed by atoms with E-state index in [1.165, 1.54) is 10.8 Å². The number of nitrogens with one attached hydrogen (secondary N) is 1. The second kappa shape index (κ2) is 7.47. The summed E-state index contributed by atoms with van der Waals surface area (Å²) in [5.41, 5.74) is -0.483. The fraction of sp³-hybridized carbons (Fsp3) is 0.583. The average molecular weight is 395 g/mol. The van der Waals surface area contributed by atoms with Gasteiger partial charge >= 0.3 is 137 Å². The van der Waals surface area contributed by atoms with Gasteiger partial charge in [-0.15, -0.1) is 0 Å². The molecular weight excluding hydrogens is 380 g/mol. The Morgan fingerprint density at radius 3 is 2.83 bits per heavy atom. The molecule has 1 aliphatic heterocycles. The minimum atomic E-state index is -1.82. The zero-order valence-electron chi connectivity index (χ0n) is 11.8. The van der Waals surface area contributed by atoms with Gasteiger partial charge in [0.05, 0.1) is 0 Å². The molecule has 4 N–H and O–H groups in total. The predicted molar refractivity (Wildman–Crippen MR) is 75.1 cm³/mol. The Morgan fingerprint density at radius 2 is 2.26 bits per heavy atom. The van der Waals surface area contributed by atoms with Crippen LogP contribution < -0.4 is 15.6 Å². The standard InChI is InChI=1S/C12H15FN3O6Se/c13-8-9(20)6(4-17)22-11(8)16-3-5(1-14-2-7(18)19)10(21)15-12(16)23/h3,6,8-9,11,14,17,20H,1-2,4H2,(H,18,19)/t6-,8+,9?,11-/m1/s1. The van der Waals surface area contributed by atoms with Gasteiger partial charge in [-0.3, -0.25) is 0 Å². The van der Waals surface area contributed by atoms with Crippen LogP contribution in [0.15, 0.2) is 11.0 Å². The van der Waals surface area contributed by atoms with Gasteiger partial charge in [-0.25, -0.2) is 0 Å². The Balaban J connectivity index is 2.25. The van der Waals surface area contributed by atoms with Crippen LogP contribution >= 0.6 is 0 Å². The summed E-state index contributed by atoms with van der Waals surface area (Å²) in [6.07, 6.45) is -4.38. The van der Waals surface area contributed by atoms with Crippen LogP contribution in [0.25, 0.3) is 0 Å². The van der Waals surface area contributed by atoms with Crippen LogP contribution in [0.2, 0.25) is 0 Å². The van der Waals surface area contributed by atoms with Crippen LogP contribution in [-0.4, -0.2) is 78.4 Å². The van der Waals surface area contributed by atoms with Gasteiger partial charge < -0.3 is 0 Å². The maximum absolute atomic E-state index is 14.2. The molecule has 23 heavy (non-hydrogen) atoms. The minimum absolute atomic E-state index is 0.0513. The zero-order valence-corrected chi connectivity index (χ0v) is 13.5. The number of carboxylic acids is 1. The topological polar surface area (TPSA) is 134 Å². The molecule has 1 unspecified atom stereocenters. The van der Waals surface area contributed by atoms with Crippen molar-refractivity contribution in [3.05, 3.63) is 22.1 Å². The summed E-state index contributed by atoms with van der Waals surface area (Å²) in [7, 11) is 0. The Hall–Kier alpha value is -1.36. The molecule has 0 aliphatic carbocycles. The third-order valence-electron chi connectivity index (χ3n) is 3.33. The Kier molecular flexibility index (Phi) is 5.84. The second-order valence-corrected chi connectivity index (χ2v) is 5.71. The van der Waals surface area contributed by atoms with Crippen LogP contribution in [0.1, 0.15) is 11.8 Å². The molecule has 1 fully saturated rings. The molecule has 4 atom stereocenters. The van der Waals surface area contributed by atoms with Gasteiger partial charge in [0.1, 0.15) is 0 Å². The number of aromatic nitrogens is 2. The van der Waals surface area contributed by atoms with E-state index in [2.05, 4.69) is 26.3 Å². The van der Waals surface area contributed by atoms with E-state index >= 15 is 0 Å². The quantitative estimate of drug-likeness (QED) is 0.370. The average Bonchev–Trinajstić information content (AvgIpc) is 2.77. The second-order valence-electron chi connectivity index (χ2n) is 4.94. The van der Waals surface area contributed by atoms with Gasteiger partial charge in [-0.1, -0.05) is 0 Å². The number of aliphatic hydroxyl groups excluding tert-OH is 2. The van der Waals surface area contributed by atoms with Crippen LogP contribution in [0.5, 0.6) is 0 Å². The van der Waals surface area contributed by atoms with Crippen LogP contribution in [0.4, 0.5) is 4.39 Å². The number of rotatable bonds is 6. The van der Waals surface area contributed by atoms with Gasteiger partial charge in [0.25, 0.3) is 0 Å². The van der Waals surface area contributed by atoms with Crippen LogP contribution in [0.3, 0.4) is 0 Å². The zero-order chi connectivity index (χ0) is 17.1. The molecule has 1 aromatic rings. The van der Waals surface area contributed by atoms with Crippen molar-refractivity contribution in [1.82, 2.24) is 14.9 Å². The Bertz CT molecular complexity index is 642. The van der Waals surface area contributed by atoms with Crippen molar-refractivity contribution in [1.29, 1.82) is 0 Å². The summed E-state index contributed by atoms with van der Waals surface area (Å²) in [5.74, 6) is -1.09. The molecule has 1 aliphatic rings. The summed E-state index contributed by atoms with van der Waals surface area (Å²) >= 11 is 2.50. The fourth-order valence-electron chi connectivity index (χ4n) is 2.18. The molecule has 0 aromatic carbocycles. The first-order chi connectivity index (χ1) is 10.8. The first kappa shape index (κ1) is 18.0. The molecule has 1 saturated heterocycles. The third kappa shape index (κ3) is 3.94. The first-order valence-corrected chi connectivity index (χ1v) is 7.50. The molecule has 0 spiro atoms. The van der Waals surface area contributed by atoms with Crippen molar-refractivity contribution in [2.24, 2.45) is 0 Å². The van der Waals surface area contributed by atoms with Crippen LogP contribution in [0, 0.1) is 0 Å². The number of carbonyl (C=O) groups is 1. The van der Waals surface area contributed by atoms with E-state index in [1.54, 1.807) is 0 Å². The van der Waals surface area contributed by atoms with E-state index in [-0.39, 0.29) is 23.4 Å². The van der Waals surface area contributed by atoms with Crippen molar-refractivity contribution in [2.45, 2.75) is 31.2 Å². The maximum atomic E-state index is 14.2. The van der Waals surface area contributed by atoms with Crippen molar-refractivity contribution < 1.29 is 29.2 Å². The van der Waals surface area contributed by atoms with Crippen LogP contribution in [-0.2, 0) is 16.1 Å². The van der Waals surface area contributed by atoms with Crippen molar-refractivity contribution in [3.63, 3.8) is 0 Å². The number of halogens is 1. The molecule has 2 heterocycles.